The van der Waals surface area contributed by atoms with Gasteiger partial charge in [-0.05, 0) is 38.8 Å². The van der Waals surface area contributed by atoms with Gasteiger partial charge in [0.25, 0.3) is 0 Å². The third-order valence-electron chi connectivity index (χ3n) is 3.26. The molecule has 2 aromatic rings. The van der Waals surface area contributed by atoms with E-state index in [-0.39, 0.29) is 0 Å². The molecule has 0 atom stereocenters. The maximum atomic E-state index is 10.8. The van der Waals surface area contributed by atoms with Crippen molar-refractivity contribution >= 4 is 16.8 Å². The zero-order chi connectivity index (χ0) is 13.0. The van der Waals surface area contributed by atoms with Crippen LogP contribution in [0.15, 0.2) is 24.3 Å². The fraction of sp³-hybridized carbons (Fsp3) is 0.467. The summed E-state index contributed by atoms with van der Waals surface area (Å²) in [4.78, 5) is 15.4. The van der Waals surface area contributed by atoms with Crippen molar-refractivity contribution in [3.8, 4) is 0 Å². The van der Waals surface area contributed by atoms with E-state index in [1.807, 2.05) is 6.07 Å². The summed E-state index contributed by atoms with van der Waals surface area (Å²) in [5, 5.41) is 0. The lowest BCUT2D eigenvalue weighted by molar-refractivity contribution is -0.117. The summed E-state index contributed by atoms with van der Waals surface area (Å²) in [6.45, 7) is 4.70. The van der Waals surface area contributed by atoms with Crippen LogP contribution in [0.4, 0.5) is 0 Å². The molecule has 3 nitrogen and oxygen atoms in total. The van der Waals surface area contributed by atoms with E-state index in [1.54, 1.807) is 6.92 Å². The van der Waals surface area contributed by atoms with Gasteiger partial charge in [0, 0.05) is 13.0 Å². The van der Waals surface area contributed by atoms with E-state index in [2.05, 4.69) is 34.7 Å². The average molecular weight is 244 g/mol. The van der Waals surface area contributed by atoms with E-state index < -0.39 is 0 Å². The van der Waals surface area contributed by atoms with Crippen LogP contribution in [0.1, 0.15) is 38.4 Å². The van der Waals surface area contributed by atoms with Gasteiger partial charge in [-0.1, -0.05) is 18.6 Å². The number of carbonyl (C=O) groups is 1. The van der Waals surface area contributed by atoms with Crippen molar-refractivity contribution in [2.24, 2.45) is 0 Å². The molecular formula is C15H20N2O. The summed E-state index contributed by atoms with van der Waals surface area (Å²) in [6, 6.07) is 8.24. The SMILES string of the molecule is CC(=O)CCCCCn1c(C)nc2ccccc21. The minimum Gasteiger partial charge on any atom is -0.328 e. The van der Waals surface area contributed by atoms with E-state index in [9.17, 15) is 4.79 Å². The first kappa shape index (κ1) is 12.8. The van der Waals surface area contributed by atoms with Gasteiger partial charge in [-0.15, -0.1) is 0 Å². The second kappa shape index (κ2) is 5.80. The highest BCUT2D eigenvalue weighted by Crippen LogP contribution is 2.16. The predicted molar refractivity (Wildman–Crippen MR) is 73.6 cm³/mol. The summed E-state index contributed by atoms with van der Waals surface area (Å²) < 4.78 is 2.27. The van der Waals surface area contributed by atoms with Crippen LogP contribution in [0.5, 0.6) is 0 Å². The van der Waals surface area contributed by atoms with Crippen LogP contribution in [-0.4, -0.2) is 15.3 Å². The molecule has 0 radical (unpaired) electrons. The van der Waals surface area contributed by atoms with Crippen LogP contribution in [0.25, 0.3) is 11.0 Å². The minimum atomic E-state index is 0.291. The number of fused-ring (bicyclic) bond motifs is 1. The van der Waals surface area contributed by atoms with E-state index in [4.69, 9.17) is 0 Å². The van der Waals surface area contributed by atoms with Crippen LogP contribution < -0.4 is 0 Å². The summed E-state index contributed by atoms with van der Waals surface area (Å²) in [6.07, 6.45) is 3.92. The lowest BCUT2D eigenvalue weighted by atomic mass is 10.1. The zero-order valence-corrected chi connectivity index (χ0v) is 11.1. The number of para-hydroxylation sites is 2. The quantitative estimate of drug-likeness (QED) is 0.729. The Hall–Kier alpha value is -1.64. The normalized spacial score (nSPS) is 11.0. The molecule has 0 amide bonds. The Bertz CT molecular complexity index is 542. The van der Waals surface area contributed by atoms with Crippen molar-refractivity contribution in [1.82, 2.24) is 9.55 Å². The van der Waals surface area contributed by atoms with Crippen LogP contribution in [-0.2, 0) is 11.3 Å². The molecule has 0 saturated heterocycles. The molecule has 0 N–H and O–H groups in total. The summed E-state index contributed by atoms with van der Waals surface area (Å²) in [5.41, 5.74) is 2.28. The van der Waals surface area contributed by atoms with Crippen molar-refractivity contribution in [3.63, 3.8) is 0 Å². The van der Waals surface area contributed by atoms with Crippen LogP contribution in [0.3, 0.4) is 0 Å². The monoisotopic (exact) mass is 244 g/mol. The fourth-order valence-electron chi connectivity index (χ4n) is 2.30. The second-order valence-electron chi connectivity index (χ2n) is 4.81. The number of rotatable bonds is 6. The first-order valence-corrected chi connectivity index (χ1v) is 6.60. The first-order chi connectivity index (χ1) is 8.68. The number of nitrogens with zero attached hydrogens (tertiary/aromatic N) is 2. The molecule has 0 saturated carbocycles. The van der Waals surface area contributed by atoms with Crippen molar-refractivity contribution in [2.75, 3.05) is 0 Å². The molecule has 0 aliphatic rings. The Balaban J connectivity index is 1.95. The molecule has 1 aromatic carbocycles. The van der Waals surface area contributed by atoms with Gasteiger partial charge < -0.3 is 9.36 Å². The van der Waals surface area contributed by atoms with Gasteiger partial charge in [0.15, 0.2) is 0 Å². The smallest absolute Gasteiger partial charge is 0.129 e. The predicted octanol–water partition coefficient (Wildman–Crippen LogP) is 3.49. The Morgan fingerprint density at radius 2 is 2.00 bits per heavy atom. The number of carbonyl (C=O) groups excluding carboxylic acids is 1. The molecule has 3 heteroatoms. The number of hydrogen-bond acceptors (Lipinski definition) is 2. The van der Waals surface area contributed by atoms with Crippen LogP contribution in [0.2, 0.25) is 0 Å². The van der Waals surface area contributed by atoms with E-state index in [0.29, 0.717) is 12.2 Å². The zero-order valence-electron chi connectivity index (χ0n) is 11.1. The van der Waals surface area contributed by atoms with Gasteiger partial charge >= 0.3 is 0 Å². The summed E-state index contributed by atoms with van der Waals surface area (Å²) in [5.74, 6) is 1.36. The second-order valence-corrected chi connectivity index (χ2v) is 4.81. The highest BCUT2D eigenvalue weighted by atomic mass is 16.1. The van der Waals surface area contributed by atoms with Gasteiger partial charge in [0.2, 0.25) is 0 Å². The van der Waals surface area contributed by atoms with Crippen molar-refractivity contribution < 1.29 is 4.79 Å². The van der Waals surface area contributed by atoms with E-state index in [1.165, 1.54) is 5.52 Å². The fourth-order valence-corrected chi connectivity index (χ4v) is 2.30. The molecule has 0 aliphatic heterocycles. The number of imidazole rings is 1. The Morgan fingerprint density at radius 1 is 1.22 bits per heavy atom. The molecule has 1 heterocycles. The molecule has 96 valence electrons. The van der Waals surface area contributed by atoms with Gasteiger partial charge in [0.1, 0.15) is 11.6 Å². The lowest BCUT2D eigenvalue weighted by Gasteiger charge is -2.06. The van der Waals surface area contributed by atoms with Crippen LogP contribution >= 0.6 is 0 Å². The van der Waals surface area contributed by atoms with E-state index >= 15 is 0 Å². The number of hydrogen-bond donors (Lipinski definition) is 0. The molecule has 0 bridgehead atoms. The Kier molecular flexibility index (Phi) is 4.13. The lowest BCUT2D eigenvalue weighted by Crippen LogP contribution is -2.00. The number of benzene rings is 1. The highest BCUT2D eigenvalue weighted by Gasteiger charge is 2.05. The van der Waals surface area contributed by atoms with Gasteiger partial charge in [0.05, 0.1) is 11.0 Å². The Morgan fingerprint density at radius 3 is 2.78 bits per heavy atom. The summed E-state index contributed by atoms with van der Waals surface area (Å²) >= 11 is 0. The van der Waals surface area contributed by atoms with Crippen molar-refractivity contribution in [2.45, 2.75) is 46.1 Å². The van der Waals surface area contributed by atoms with E-state index in [0.717, 1.165) is 37.1 Å². The molecule has 2 rings (SSSR count). The van der Waals surface area contributed by atoms with Crippen molar-refractivity contribution in [1.29, 1.82) is 0 Å². The molecule has 1 aromatic heterocycles. The standard InChI is InChI=1S/C15H20N2O/c1-12(18)8-4-3-7-11-17-13(2)16-14-9-5-6-10-15(14)17/h5-6,9-10H,3-4,7-8,11H2,1-2H3. The largest absolute Gasteiger partial charge is 0.328 e. The van der Waals surface area contributed by atoms with Gasteiger partial charge in [-0.3, -0.25) is 0 Å². The number of aryl methyl sites for hydroxylation is 2. The maximum absolute atomic E-state index is 10.8. The number of Topliss-reactive ketones (excluding diaryl/α,β-unsaturated/α-hetero) is 1. The number of ketones is 1. The number of unbranched alkanes of at least 4 members (excludes halogenated alkanes) is 2. The Labute approximate surface area is 108 Å². The maximum Gasteiger partial charge on any atom is 0.129 e. The topological polar surface area (TPSA) is 34.9 Å². The molecule has 0 spiro atoms. The molecule has 0 unspecified atom stereocenters. The first-order valence-electron chi connectivity index (χ1n) is 6.60. The third kappa shape index (κ3) is 2.97. The average Bonchev–Trinajstić information content (AvgIpc) is 2.65. The molecular weight excluding hydrogens is 224 g/mol. The summed E-state index contributed by atoms with van der Waals surface area (Å²) in [7, 11) is 0. The van der Waals surface area contributed by atoms with Gasteiger partial charge in [-0.2, -0.15) is 0 Å². The number of aromatic nitrogens is 2. The third-order valence-corrected chi connectivity index (χ3v) is 3.26. The highest BCUT2D eigenvalue weighted by molar-refractivity contribution is 5.76. The van der Waals surface area contributed by atoms with Crippen molar-refractivity contribution in [3.05, 3.63) is 30.1 Å². The minimum absolute atomic E-state index is 0.291. The molecule has 0 aliphatic carbocycles. The van der Waals surface area contributed by atoms with Crippen LogP contribution in [0, 0.1) is 6.92 Å². The van der Waals surface area contributed by atoms with Gasteiger partial charge in [-0.25, -0.2) is 4.98 Å². The molecule has 0 fully saturated rings. The molecule has 18 heavy (non-hydrogen) atoms.